The minimum Gasteiger partial charge on any atom is -0.478 e. The van der Waals surface area contributed by atoms with Crippen molar-refractivity contribution in [3.63, 3.8) is 0 Å². The lowest BCUT2D eigenvalue weighted by atomic mass is 10.00. The topological polar surface area (TPSA) is 37.3 Å². The molecule has 1 atom stereocenters. The van der Waals surface area contributed by atoms with Crippen LogP contribution in [0.1, 0.15) is 58.8 Å². The Bertz CT molecular complexity index is 185. The van der Waals surface area contributed by atoms with E-state index in [4.69, 9.17) is 5.11 Å². The van der Waals surface area contributed by atoms with E-state index in [-0.39, 0.29) is 0 Å². The lowest BCUT2D eigenvalue weighted by Crippen LogP contribution is -1.91. The molecule has 2 nitrogen and oxygen atoms in total. The number of carbonyl (C=O) groups is 1. The van der Waals surface area contributed by atoms with Crippen LogP contribution in [0, 0.1) is 5.92 Å². The summed E-state index contributed by atoms with van der Waals surface area (Å²) in [5.74, 6) is 0.0173. The Kier molecular flexibility index (Phi) is 9.24. The molecule has 0 radical (unpaired) electrons. The summed E-state index contributed by atoms with van der Waals surface area (Å²) in [4.78, 5) is 10.2. The average Bonchev–Trinajstić information content (AvgIpc) is 2.21. The van der Waals surface area contributed by atoms with Gasteiger partial charge in [-0.2, -0.15) is 0 Å². The van der Waals surface area contributed by atoms with Crippen LogP contribution in [0.2, 0.25) is 0 Å². The van der Waals surface area contributed by atoms with Crippen LogP contribution < -0.4 is 0 Å². The fourth-order valence-corrected chi connectivity index (χ4v) is 1.50. The first-order chi connectivity index (χ1) is 7.16. The lowest BCUT2D eigenvalue weighted by Gasteiger charge is -2.06. The van der Waals surface area contributed by atoms with Crippen LogP contribution in [0.15, 0.2) is 12.2 Å². The van der Waals surface area contributed by atoms with Crippen molar-refractivity contribution in [1.82, 2.24) is 0 Å². The molecular formula is C13H24O2. The maximum absolute atomic E-state index is 10.2. The molecule has 0 aromatic heterocycles. The second kappa shape index (κ2) is 9.75. The predicted molar refractivity (Wildman–Crippen MR) is 63.9 cm³/mol. The van der Waals surface area contributed by atoms with E-state index in [1.54, 1.807) is 6.08 Å². The smallest absolute Gasteiger partial charge is 0.327 e. The van der Waals surface area contributed by atoms with E-state index in [2.05, 4.69) is 13.8 Å². The van der Waals surface area contributed by atoms with Crippen molar-refractivity contribution in [1.29, 1.82) is 0 Å². The zero-order valence-electron chi connectivity index (χ0n) is 10.0. The van der Waals surface area contributed by atoms with Gasteiger partial charge in [0.25, 0.3) is 0 Å². The van der Waals surface area contributed by atoms with Gasteiger partial charge in [-0.3, -0.25) is 0 Å². The van der Waals surface area contributed by atoms with Crippen molar-refractivity contribution in [3.8, 4) is 0 Å². The third kappa shape index (κ3) is 11.1. The van der Waals surface area contributed by atoms with Crippen molar-refractivity contribution in [2.75, 3.05) is 0 Å². The second-order valence-corrected chi connectivity index (χ2v) is 4.25. The van der Waals surface area contributed by atoms with E-state index in [9.17, 15) is 4.79 Å². The van der Waals surface area contributed by atoms with Crippen LogP contribution in [0.5, 0.6) is 0 Å². The van der Waals surface area contributed by atoms with Gasteiger partial charge in [0.15, 0.2) is 0 Å². The monoisotopic (exact) mass is 212 g/mol. The molecule has 0 saturated heterocycles. The molecule has 0 aliphatic heterocycles. The van der Waals surface area contributed by atoms with Crippen molar-refractivity contribution in [2.45, 2.75) is 58.8 Å². The number of aliphatic carboxylic acids is 1. The molecule has 0 aliphatic carbocycles. The molecule has 0 amide bonds. The lowest BCUT2D eigenvalue weighted by molar-refractivity contribution is -0.131. The van der Waals surface area contributed by atoms with Crippen LogP contribution in [-0.4, -0.2) is 11.1 Å². The molecule has 0 aromatic carbocycles. The Hall–Kier alpha value is -0.790. The molecule has 0 spiro atoms. The molecule has 1 N–H and O–H groups in total. The summed E-state index contributed by atoms with van der Waals surface area (Å²) in [5, 5.41) is 8.36. The Balaban J connectivity index is 3.15. The first-order valence-corrected chi connectivity index (χ1v) is 6.06. The first kappa shape index (κ1) is 14.2. The van der Waals surface area contributed by atoms with Crippen LogP contribution in [0.4, 0.5) is 0 Å². The van der Waals surface area contributed by atoms with Gasteiger partial charge in [-0.15, -0.1) is 0 Å². The van der Waals surface area contributed by atoms with E-state index in [0.717, 1.165) is 18.8 Å². The number of allylic oxidation sites excluding steroid dienone is 1. The molecule has 0 saturated carbocycles. The summed E-state index contributed by atoms with van der Waals surface area (Å²) in [6, 6.07) is 0. The molecule has 2 heteroatoms. The molecule has 0 aliphatic rings. The summed E-state index contributed by atoms with van der Waals surface area (Å²) in [7, 11) is 0. The van der Waals surface area contributed by atoms with Gasteiger partial charge in [-0.05, 0) is 18.8 Å². The number of rotatable bonds is 9. The number of hydrogen-bond donors (Lipinski definition) is 1. The summed E-state index contributed by atoms with van der Waals surface area (Å²) >= 11 is 0. The molecule has 15 heavy (non-hydrogen) atoms. The van der Waals surface area contributed by atoms with Gasteiger partial charge in [0.1, 0.15) is 0 Å². The summed E-state index contributed by atoms with van der Waals surface area (Å²) in [5.41, 5.74) is 0. The number of carboxylic acids is 1. The molecule has 0 fully saturated rings. The van der Waals surface area contributed by atoms with Crippen molar-refractivity contribution in [2.24, 2.45) is 5.92 Å². The molecule has 88 valence electrons. The van der Waals surface area contributed by atoms with Gasteiger partial charge in [0, 0.05) is 6.08 Å². The molecule has 0 bridgehead atoms. The predicted octanol–water partition coefficient (Wildman–Crippen LogP) is 4.01. The molecule has 1 unspecified atom stereocenters. The standard InChI is InChI=1S/C13H24O2/c1-3-12(2)10-8-6-4-5-7-9-11-13(14)15/h9,11-12H,3-8,10H2,1-2H3,(H,14,15)/b11-9-. The van der Waals surface area contributed by atoms with Gasteiger partial charge in [-0.25, -0.2) is 4.79 Å². The van der Waals surface area contributed by atoms with E-state index in [1.807, 2.05) is 0 Å². The van der Waals surface area contributed by atoms with Gasteiger partial charge in [-0.1, -0.05) is 52.0 Å². The van der Waals surface area contributed by atoms with E-state index in [0.29, 0.717) is 0 Å². The highest BCUT2D eigenvalue weighted by Gasteiger charge is 1.97. The maximum atomic E-state index is 10.2. The van der Waals surface area contributed by atoms with Crippen LogP contribution in [0.25, 0.3) is 0 Å². The minimum absolute atomic E-state index is 0.841. The van der Waals surface area contributed by atoms with Crippen LogP contribution in [-0.2, 0) is 4.79 Å². The largest absolute Gasteiger partial charge is 0.478 e. The van der Waals surface area contributed by atoms with Gasteiger partial charge >= 0.3 is 5.97 Å². The van der Waals surface area contributed by atoms with Gasteiger partial charge in [0.05, 0.1) is 0 Å². The Labute approximate surface area is 93.4 Å². The summed E-state index contributed by atoms with van der Waals surface area (Å²) in [6.45, 7) is 4.54. The summed E-state index contributed by atoms with van der Waals surface area (Å²) < 4.78 is 0. The SMILES string of the molecule is CCC(C)CCCCCC/C=C\C(=O)O. The normalized spacial score (nSPS) is 13.2. The van der Waals surface area contributed by atoms with E-state index in [1.165, 1.54) is 38.2 Å². The van der Waals surface area contributed by atoms with E-state index >= 15 is 0 Å². The zero-order valence-corrected chi connectivity index (χ0v) is 10.0. The fraction of sp³-hybridized carbons (Fsp3) is 0.769. The minimum atomic E-state index is -0.841. The van der Waals surface area contributed by atoms with E-state index < -0.39 is 5.97 Å². The average molecular weight is 212 g/mol. The molecule has 0 rings (SSSR count). The van der Waals surface area contributed by atoms with Crippen molar-refractivity contribution >= 4 is 5.97 Å². The first-order valence-electron chi connectivity index (χ1n) is 6.06. The van der Waals surface area contributed by atoms with Gasteiger partial charge in [0.2, 0.25) is 0 Å². The Morgan fingerprint density at radius 3 is 2.53 bits per heavy atom. The highest BCUT2D eigenvalue weighted by Crippen LogP contribution is 2.13. The number of hydrogen-bond acceptors (Lipinski definition) is 1. The third-order valence-corrected chi connectivity index (χ3v) is 2.78. The molecule has 0 heterocycles. The zero-order chi connectivity index (χ0) is 11.5. The highest BCUT2D eigenvalue weighted by atomic mass is 16.4. The van der Waals surface area contributed by atoms with Gasteiger partial charge < -0.3 is 5.11 Å². The third-order valence-electron chi connectivity index (χ3n) is 2.78. The van der Waals surface area contributed by atoms with Crippen LogP contribution in [0.3, 0.4) is 0 Å². The Morgan fingerprint density at radius 1 is 1.27 bits per heavy atom. The van der Waals surface area contributed by atoms with Crippen molar-refractivity contribution < 1.29 is 9.90 Å². The second-order valence-electron chi connectivity index (χ2n) is 4.25. The molecule has 0 aromatic rings. The fourth-order valence-electron chi connectivity index (χ4n) is 1.50. The summed E-state index contributed by atoms with van der Waals surface area (Å²) in [6.07, 6.45) is 11.4. The highest BCUT2D eigenvalue weighted by molar-refractivity contribution is 5.79. The number of unbranched alkanes of at least 4 members (excludes halogenated alkanes) is 4. The molecular weight excluding hydrogens is 188 g/mol. The van der Waals surface area contributed by atoms with Crippen molar-refractivity contribution in [3.05, 3.63) is 12.2 Å². The Morgan fingerprint density at radius 2 is 1.93 bits per heavy atom. The quantitative estimate of drug-likeness (QED) is 0.463. The number of carboxylic acid groups (broad SMARTS) is 1. The van der Waals surface area contributed by atoms with Crippen LogP contribution >= 0.6 is 0 Å². The maximum Gasteiger partial charge on any atom is 0.327 e.